The van der Waals surface area contributed by atoms with E-state index >= 15 is 0 Å². The molecule has 19 heavy (non-hydrogen) atoms. The van der Waals surface area contributed by atoms with Crippen molar-refractivity contribution in [3.63, 3.8) is 0 Å². The van der Waals surface area contributed by atoms with Gasteiger partial charge in [0.05, 0.1) is 11.2 Å². The Kier molecular flexibility index (Phi) is 2.86. The lowest BCUT2D eigenvalue weighted by molar-refractivity contribution is 0.146. The predicted octanol–water partition coefficient (Wildman–Crippen LogP) is 4.38. The molecule has 0 fully saturated rings. The number of pyridine rings is 1. The third kappa shape index (κ3) is 1.94. The van der Waals surface area contributed by atoms with Crippen LogP contribution in [-0.4, -0.2) is 4.98 Å². The van der Waals surface area contributed by atoms with E-state index in [1.165, 1.54) is 0 Å². The van der Waals surface area contributed by atoms with Gasteiger partial charge in [-0.25, -0.2) is 8.78 Å². The molecule has 5 heteroatoms. The van der Waals surface area contributed by atoms with Gasteiger partial charge < -0.3 is 4.98 Å². The lowest BCUT2D eigenvalue weighted by atomic mass is 10.1. The summed E-state index contributed by atoms with van der Waals surface area (Å²) < 4.78 is 26.3. The second-order valence-electron chi connectivity index (χ2n) is 4.22. The first-order valence-corrected chi connectivity index (χ1v) is 6.39. The van der Waals surface area contributed by atoms with Crippen LogP contribution in [0.3, 0.4) is 0 Å². The van der Waals surface area contributed by atoms with Gasteiger partial charge in [-0.2, -0.15) is 0 Å². The molecule has 0 bridgehead atoms. The maximum atomic E-state index is 12.8. The van der Waals surface area contributed by atoms with E-state index in [2.05, 4.69) is 20.9 Å². The van der Waals surface area contributed by atoms with Gasteiger partial charge >= 0.3 is 0 Å². The zero-order chi connectivity index (χ0) is 13.6. The third-order valence-corrected chi connectivity index (χ3v) is 3.71. The number of H-pyrrole nitrogens is 1. The van der Waals surface area contributed by atoms with E-state index in [0.717, 1.165) is 21.3 Å². The van der Waals surface area contributed by atoms with Gasteiger partial charge in [0, 0.05) is 21.3 Å². The Bertz CT molecular complexity index is 842. The van der Waals surface area contributed by atoms with Gasteiger partial charge in [-0.05, 0) is 11.5 Å². The summed E-state index contributed by atoms with van der Waals surface area (Å²) in [5.74, 6) is 0. The van der Waals surface area contributed by atoms with Gasteiger partial charge in [0.2, 0.25) is 0 Å². The Morgan fingerprint density at radius 3 is 2.42 bits per heavy atom. The maximum Gasteiger partial charge on any atom is 0.278 e. The molecule has 3 rings (SSSR count). The average Bonchev–Trinajstić information content (AvgIpc) is 2.40. The molecule has 0 unspecified atom stereocenters. The molecule has 3 aromatic rings. The van der Waals surface area contributed by atoms with Crippen LogP contribution in [0.15, 0.2) is 45.7 Å². The summed E-state index contributed by atoms with van der Waals surface area (Å²) in [6, 6.07) is 9.94. The highest BCUT2D eigenvalue weighted by atomic mass is 79.9. The molecule has 96 valence electrons. The Morgan fingerprint density at radius 2 is 1.74 bits per heavy atom. The Morgan fingerprint density at radius 1 is 1.05 bits per heavy atom. The highest BCUT2D eigenvalue weighted by Gasteiger charge is 2.13. The first-order valence-electron chi connectivity index (χ1n) is 5.60. The number of hydrogen-bond donors (Lipinski definition) is 1. The molecular formula is C14H8BrF2NO. The Hall–Kier alpha value is -1.75. The van der Waals surface area contributed by atoms with Crippen LogP contribution >= 0.6 is 15.9 Å². The van der Waals surface area contributed by atoms with Crippen molar-refractivity contribution in [1.29, 1.82) is 0 Å². The molecule has 1 heterocycles. The highest BCUT2D eigenvalue weighted by molar-refractivity contribution is 9.10. The normalized spacial score (nSPS) is 11.6. The molecule has 0 amide bonds. The topological polar surface area (TPSA) is 32.9 Å². The molecule has 2 aromatic carbocycles. The van der Waals surface area contributed by atoms with Crippen LogP contribution in [0, 0.1) is 0 Å². The number of fused-ring (bicyclic) bond motifs is 3. The summed E-state index contributed by atoms with van der Waals surface area (Å²) >= 11 is 3.40. The van der Waals surface area contributed by atoms with Crippen molar-refractivity contribution < 1.29 is 8.78 Å². The predicted molar refractivity (Wildman–Crippen MR) is 74.7 cm³/mol. The molecule has 0 saturated heterocycles. The van der Waals surface area contributed by atoms with Crippen LogP contribution < -0.4 is 5.43 Å². The fourth-order valence-corrected chi connectivity index (χ4v) is 2.75. The summed E-state index contributed by atoms with van der Waals surface area (Å²) in [7, 11) is 0. The zero-order valence-corrected chi connectivity index (χ0v) is 11.2. The molecule has 1 N–H and O–H groups in total. The van der Waals surface area contributed by atoms with Crippen molar-refractivity contribution in [2.75, 3.05) is 0 Å². The molecule has 2 nitrogen and oxygen atoms in total. The van der Waals surface area contributed by atoms with E-state index in [1.54, 1.807) is 12.1 Å². The van der Waals surface area contributed by atoms with Crippen LogP contribution in [0.25, 0.3) is 21.7 Å². The van der Waals surface area contributed by atoms with Crippen molar-refractivity contribution >= 4 is 37.6 Å². The molecule has 0 spiro atoms. The quantitative estimate of drug-likeness (QED) is 0.662. The van der Waals surface area contributed by atoms with Gasteiger partial charge in [0.25, 0.3) is 6.43 Å². The Balaban J connectivity index is 2.56. The molecular weight excluding hydrogens is 316 g/mol. The van der Waals surface area contributed by atoms with Crippen LogP contribution in [-0.2, 0) is 0 Å². The van der Waals surface area contributed by atoms with Crippen LogP contribution in [0.1, 0.15) is 12.1 Å². The second-order valence-corrected chi connectivity index (χ2v) is 5.07. The SMILES string of the molecule is O=c1cc(C(F)F)[nH]c2c1cc(Br)c1ccccc12. The van der Waals surface area contributed by atoms with Crippen molar-refractivity contribution in [2.24, 2.45) is 0 Å². The summed E-state index contributed by atoms with van der Waals surface area (Å²) in [6.07, 6.45) is -2.69. The standard InChI is InChI=1S/C14H8BrF2NO/c15-10-5-9-12(19)6-11(14(16)17)18-13(9)8-4-2-1-3-7(8)10/h1-6,14H,(H,18,19). The Labute approximate surface area is 115 Å². The molecule has 0 aliphatic rings. The van der Waals surface area contributed by atoms with Crippen molar-refractivity contribution in [1.82, 2.24) is 4.98 Å². The minimum atomic E-state index is -2.69. The minimum absolute atomic E-state index is 0.357. The number of alkyl halides is 2. The zero-order valence-electron chi connectivity index (χ0n) is 9.58. The van der Waals surface area contributed by atoms with Crippen LogP contribution in [0.2, 0.25) is 0 Å². The third-order valence-electron chi connectivity index (χ3n) is 3.05. The lowest BCUT2D eigenvalue weighted by Gasteiger charge is -2.08. The number of halogens is 3. The minimum Gasteiger partial charge on any atom is -0.353 e. The summed E-state index contributed by atoms with van der Waals surface area (Å²) in [5, 5.41) is 2.01. The average molecular weight is 324 g/mol. The number of aromatic amines is 1. The number of aromatic nitrogens is 1. The van der Waals surface area contributed by atoms with Gasteiger partial charge in [-0.15, -0.1) is 0 Å². The van der Waals surface area contributed by atoms with Crippen LogP contribution in [0.5, 0.6) is 0 Å². The number of rotatable bonds is 1. The summed E-state index contributed by atoms with van der Waals surface area (Å²) in [6.45, 7) is 0. The van der Waals surface area contributed by atoms with E-state index in [-0.39, 0.29) is 5.69 Å². The summed E-state index contributed by atoms with van der Waals surface area (Å²) in [4.78, 5) is 14.6. The van der Waals surface area contributed by atoms with E-state index in [1.807, 2.05) is 18.2 Å². The van der Waals surface area contributed by atoms with Gasteiger partial charge in [-0.1, -0.05) is 40.2 Å². The van der Waals surface area contributed by atoms with Gasteiger partial charge in [0.1, 0.15) is 0 Å². The van der Waals surface area contributed by atoms with Crippen LogP contribution in [0.4, 0.5) is 8.78 Å². The van der Waals surface area contributed by atoms with Crippen molar-refractivity contribution in [2.45, 2.75) is 6.43 Å². The summed E-state index contributed by atoms with van der Waals surface area (Å²) in [5.41, 5.74) is -0.318. The van der Waals surface area contributed by atoms with E-state index in [0.29, 0.717) is 10.9 Å². The highest BCUT2D eigenvalue weighted by Crippen LogP contribution is 2.30. The number of nitrogens with one attached hydrogen (secondary N) is 1. The molecule has 0 atom stereocenters. The molecule has 0 aliphatic carbocycles. The fourth-order valence-electron chi connectivity index (χ4n) is 2.18. The van der Waals surface area contributed by atoms with Crippen molar-refractivity contribution in [3.8, 4) is 0 Å². The number of hydrogen-bond acceptors (Lipinski definition) is 1. The van der Waals surface area contributed by atoms with E-state index < -0.39 is 11.9 Å². The molecule has 0 saturated carbocycles. The molecule has 1 aromatic heterocycles. The number of benzene rings is 2. The van der Waals surface area contributed by atoms with E-state index in [9.17, 15) is 13.6 Å². The lowest BCUT2D eigenvalue weighted by Crippen LogP contribution is -2.06. The smallest absolute Gasteiger partial charge is 0.278 e. The maximum absolute atomic E-state index is 12.8. The van der Waals surface area contributed by atoms with Crippen molar-refractivity contribution in [3.05, 3.63) is 56.8 Å². The first-order chi connectivity index (χ1) is 9.08. The van der Waals surface area contributed by atoms with Gasteiger partial charge in [-0.3, -0.25) is 4.79 Å². The van der Waals surface area contributed by atoms with Gasteiger partial charge in [0.15, 0.2) is 5.43 Å². The largest absolute Gasteiger partial charge is 0.353 e. The first kappa shape index (κ1) is 12.3. The second kappa shape index (κ2) is 4.42. The fraction of sp³-hybridized carbons (Fsp3) is 0.0714. The molecule has 0 aliphatic heterocycles. The molecule has 0 radical (unpaired) electrons. The monoisotopic (exact) mass is 323 g/mol. The van der Waals surface area contributed by atoms with E-state index in [4.69, 9.17) is 0 Å².